The SMILES string of the molecule is C#CCN1C(=O)N=C(N)C1c1ccc(C(=O)OC)cc1. The van der Waals surface area contributed by atoms with E-state index in [9.17, 15) is 9.59 Å². The van der Waals surface area contributed by atoms with Crippen LogP contribution in [0.2, 0.25) is 0 Å². The fourth-order valence-electron chi connectivity index (χ4n) is 2.03. The van der Waals surface area contributed by atoms with E-state index in [4.69, 9.17) is 12.2 Å². The standard InChI is InChI=1S/C14H13N3O3/c1-3-8-17-11(12(15)16-14(17)19)9-4-6-10(7-5-9)13(18)20-2/h1,4-7,11H,8H2,2H3,(H2,15,16,19). The molecule has 2 rings (SSSR count). The van der Waals surface area contributed by atoms with Crippen LogP contribution in [-0.2, 0) is 4.74 Å². The van der Waals surface area contributed by atoms with Crippen molar-refractivity contribution < 1.29 is 14.3 Å². The van der Waals surface area contributed by atoms with Crippen LogP contribution in [0.4, 0.5) is 4.79 Å². The van der Waals surface area contributed by atoms with Crippen LogP contribution < -0.4 is 5.73 Å². The Labute approximate surface area is 116 Å². The summed E-state index contributed by atoms with van der Waals surface area (Å²) in [6.45, 7) is 0.118. The van der Waals surface area contributed by atoms with Crippen LogP contribution in [0, 0.1) is 12.3 Å². The summed E-state index contributed by atoms with van der Waals surface area (Å²) in [5.74, 6) is 2.16. The van der Waals surface area contributed by atoms with Crippen molar-refractivity contribution >= 4 is 17.8 Å². The van der Waals surface area contributed by atoms with Gasteiger partial charge in [-0.25, -0.2) is 9.59 Å². The van der Waals surface area contributed by atoms with Gasteiger partial charge in [-0.15, -0.1) is 6.42 Å². The van der Waals surface area contributed by atoms with Crippen molar-refractivity contribution in [2.45, 2.75) is 6.04 Å². The molecule has 1 unspecified atom stereocenters. The maximum atomic E-state index is 11.7. The molecule has 1 aliphatic rings. The Morgan fingerprint density at radius 2 is 2.15 bits per heavy atom. The molecule has 0 spiro atoms. The molecule has 2 amide bonds. The van der Waals surface area contributed by atoms with Crippen molar-refractivity contribution in [3.63, 3.8) is 0 Å². The summed E-state index contributed by atoms with van der Waals surface area (Å²) in [4.78, 5) is 28.1. The summed E-state index contributed by atoms with van der Waals surface area (Å²) in [7, 11) is 1.31. The number of rotatable bonds is 3. The molecule has 20 heavy (non-hydrogen) atoms. The number of nitrogens with two attached hydrogens (primary N) is 1. The van der Waals surface area contributed by atoms with Crippen LogP contribution in [0.25, 0.3) is 0 Å². The molecule has 0 aromatic heterocycles. The van der Waals surface area contributed by atoms with Gasteiger partial charge in [-0.2, -0.15) is 4.99 Å². The van der Waals surface area contributed by atoms with E-state index >= 15 is 0 Å². The molecule has 1 aromatic carbocycles. The minimum Gasteiger partial charge on any atom is -0.465 e. The lowest BCUT2D eigenvalue weighted by Crippen LogP contribution is -2.33. The number of urea groups is 1. The number of carbonyl (C=O) groups is 2. The highest BCUT2D eigenvalue weighted by atomic mass is 16.5. The predicted octanol–water partition coefficient (Wildman–Crippen LogP) is 0.940. The highest BCUT2D eigenvalue weighted by Gasteiger charge is 2.33. The first-order valence-electron chi connectivity index (χ1n) is 5.85. The summed E-state index contributed by atoms with van der Waals surface area (Å²) >= 11 is 0. The molecule has 1 aliphatic heterocycles. The van der Waals surface area contributed by atoms with E-state index in [1.807, 2.05) is 0 Å². The van der Waals surface area contributed by atoms with Crippen molar-refractivity contribution in [3.05, 3.63) is 35.4 Å². The Kier molecular flexibility index (Phi) is 3.71. The van der Waals surface area contributed by atoms with Crippen molar-refractivity contribution in [3.8, 4) is 12.3 Å². The first-order chi connectivity index (χ1) is 9.58. The zero-order valence-corrected chi connectivity index (χ0v) is 10.9. The monoisotopic (exact) mass is 271 g/mol. The van der Waals surface area contributed by atoms with Crippen LogP contribution in [0.5, 0.6) is 0 Å². The van der Waals surface area contributed by atoms with Gasteiger partial charge in [-0.1, -0.05) is 18.1 Å². The van der Waals surface area contributed by atoms with Crippen LogP contribution in [0.15, 0.2) is 29.3 Å². The lowest BCUT2D eigenvalue weighted by molar-refractivity contribution is 0.0600. The van der Waals surface area contributed by atoms with Crippen LogP contribution in [0.1, 0.15) is 22.0 Å². The third-order valence-corrected chi connectivity index (χ3v) is 2.97. The summed E-state index contributed by atoms with van der Waals surface area (Å²) in [5.41, 5.74) is 6.93. The number of methoxy groups -OCH3 is 1. The number of terminal acetylenes is 1. The largest absolute Gasteiger partial charge is 0.465 e. The van der Waals surface area contributed by atoms with Gasteiger partial charge >= 0.3 is 12.0 Å². The minimum absolute atomic E-state index is 0.118. The lowest BCUT2D eigenvalue weighted by atomic mass is 10.0. The van der Waals surface area contributed by atoms with E-state index < -0.39 is 18.0 Å². The van der Waals surface area contributed by atoms with Crippen molar-refractivity contribution in [1.82, 2.24) is 4.90 Å². The predicted molar refractivity (Wildman–Crippen MR) is 73.1 cm³/mol. The topological polar surface area (TPSA) is 85.0 Å². The second kappa shape index (κ2) is 5.45. The van der Waals surface area contributed by atoms with Gasteiger partial charge in [0.2, 0.25) is 0 Å². The van der Waals surface area contributed by atoms with Gasteiger partial charge in [-0.3, -0.25) is 4.90 Å². The van der Waals surface area contributed by atoms with E-state index in [2.05, 4.69) is 15.6 Å². The van der Waals surface area contributed by atoms with E-state index in [1.165, 1.54) is 12.0 Å². The third kappa shape index (κ3) is 2.34. The summed E-state index contributed by atoms with van der Waals surface area (Å²) < 4.78 is 4.62. The number of nitrogens with zero attached hydrogens (tertiary/aromatic N) is 2. The molecule has 0 aliphatic carbocycles. The molecule has 0 saturated heterocycles. The first-order valence-corrected chi connectivity index (χ1v) is 5.85. The zero-order chi connectivity index (χ0) is 14.7. The summed E-state index contributed by atoms with van der Waals surface area (Å²) in [6, 6.07) is 5.65. The van der Waals surface area contributed by atoms with E-state index in [0.717, 1.165) is 5.56 Å². The molecule has 2 N–H and O–H groups in total. The normalized spacial score (nSPS) is 17.6. The molecular formula is C14H13N3O3. The molecular weight excluding hydrogens is 258 g/mol. The Morgan fingerprint density at radius 1 is 1.50 bits per heavy atom. The Bertz CT molecular complexity index is 614. The van der Waals surface area contributed by atoms with Gasteiger partial charge in [0, 0.05) is 0 Å². The third-order valence-electron chi connectivity index (χ3n) is 2.97. The highest BCUT2D eigenvalue weighted by molar-refractivity contribution is 6.03. The Hall–Kier alpha value is -2.81. The summed E-state index contributed by atoms with van der Waals surface area (Å²) in [6.07, 6.45) is 5.24. The number of carbonyl (C=O) groups excluding carboxylic acids is 2. The second-order valence-corrected chi connectivity index (χ2v) is 4.17. The molecule has 6 nitrogen and oxygen atoms in total. The molecule has 6 heteroatoms. The van der Waals surface area contributed by atoms with Crippen LogP contribution in [-0.4, -0.2) is 36.4 Å². The van der Waals surface area contributed by atoms with Crippen LogP contribution >= 0.6 is 0 Å². The van der Waals surface area contributed by atoms with Gasteiger partial charge < -0.3 is 10.5 Å². The van der Waals surface area contributed by atoms with Gasteiger partial charge in [0.05, 0.1) is 19.2 Å². The van der Waals surface area contributed by atoms with Gasteiger partial charge in [0.1, 0.15) is 11.9 Å². The maximum Gasteiger partial charge on any atom is 0.346 e. The molecule has 0 bridgehead atoms. The minimum atomic E-state index is -0.495. The molecule has 0 fully saturated rings. The smallest absolute Gasteiger partial charge is 0.346 e. The number of ether oxygens (including phenoxy) is 1. The molecule has 1 heterocycles. The fraction of sp³-hybridized carbons (Fsp3) is 0.214. The van der Waals surface area contributed by atoms with Crippen molar-refractivity contribution in [2.75, 3.05) is 13.7 Å². The van der Waals surface area contributed by atoms with E-state index in [0.29, 0.717) is 5.56 Å². The number of hydrogen-bond donors (Lipinski definition) is 1. The van der Waals surface area contributed by atoms with Crippen molar-refractivity contribution in [2.24, 2.45) is 10.7 Å². The first kappa shape index (κ1) is 13.6. The van der Waals surface area contributed by atoms with Gasteiger partial charge in [-0.05, 0) is 17.7 Å². The van der Waals surface area contributed by atoms with E-state index in [1.54, 1.807) is 24.3 Å². The number of hydrogen-bond acceptors (Lipinski definition) is 4. The maximum absolute atomic E-state index is 11.7. The van der Waals surface area contributed by atoms with Gasteiger partial charge in [0.15, 0.2) is 0 Å². The average molecular weight is 271 g/mol. The Morgan fingerprint density at radius 3 is 2.70 bits per heavy atom. The Balaban J connectivity index is 2.30. The highest BCUT2D eigenvalue weighted by Crippen LogP contribution is 2.26. The van der Waals surface area contributed by atoms with Gasteiger partial charge in [0.25, 0.3) is 0 Å². The molecule has 102 valence electrons. The quantitative estimate of drug-likeness (QED) is 0.655. The molecule has 1 aromatic rings. The second-order valence-electron chi connectivity index (χ2n) is 4.17. The van der Waals surface area contributed by atoms with E-state index in [-0.39, 0.29) is 12.4 Å². The number of benzene rings is 1. The lowest BCUT2D eigenvalue weighted by Gasteiger charge is -2.22. The number of amides is 2. The molecule has 0 saturated carbocycles. The summed E-state index contributed by atoms with van der Waals surface area (Å²) in [5, 5.41) is 0. The number of amidine groups is 1. The number of esters is 1. The molecule has 1 atom stereocenters. The average Bonchev–Trinajstić information content (AvgIpc) is 2.73. The fourth-order valence-corrected chi connectivity index (χ4v) is 2.03. The van der Waals surface area contributed by atoms with Crippen molar-refractivity contribution in [1.29, 1.82) is 0 Å². The van der Waals surface area contributed by atoms with Crippen LogP contribution in [0.3, 0.4) is 0 Å². The molecule has 0 radical (unpaired) electrons. The zero-order valence-electron chi connectivity index (χ0n) is 10.9. The number of aliphatic imine (C=N–C) groups is 1.